The van der Waals surface area contributed by atoms with Crippen LogP contribution in [0, 0.1) is 47.3 Å². The molecule has 1 saturated heterocycles. The summed E-state index contributed by atoms with van der Waals surface area (Å²) in [5, 5.41) is 58.4. The van der Waals surface area contributed by atoms with Crippen LogP contribution < -0.4 is 0 Å². The van der Waals surface area contributed by atoms with Gasteiger partial charge in [-0.25, -0.2) is 0 Å². The number of unbranched alkanes of at least 4 members (excludes halogenated alkanes) is 4. The third-order valence-electron chi connectivity index (χ3n) is 11.1. The van der Waals surface area contributed by atoms with E-state index in [0.717, 1.165) is 63.5 Å². The normalized spacial score (nSPS) is 31.5. The van der Waals surface area contributed by atoms with Crippen LogP contribution in [0.15, 0.2) is 47.8 Å². The maximum Gasteiger partial charge on any atom is 0.303 e. The molecule has 0 spiro atoms. The summed E-state index contributed by atoms with van der Waals surface area (Å²) < 4.78 is 5.94. The van der Waals surface area contributed by atoms with Crippen LogP contribution in [-0.4, -0.2) is 73.1 Å². The van der Waals surface area contributed by atoms with Gasteiger partial charge in [-0.1, -0.05) is 69.1 Å². The number of carbonyl (C=O) groups is 2. The van der Waals surface area contributed by atoms with E-state index in [-0.39, 0.29) is 48.7 Å². The Morgan fingerprint density at radius 2 is 1.51 bits per heavy atom. The van der Waals surface area contributed by atoms with Crippen molar-refractivity contribution in [2.45, 2.75) is 154 Å². The lowest BCUT2D eigenvalue weighted by Gasteiger charge is -2.19. The molecule has 0 aromatic heterocycles. The lowest BCUT2D eigenvalue weighted by molar-refractivity contribution is -0.138. The standard InChI is InChI=1S/C22H32O4.C20H32O5/c1-3-4-7-15(2)20(23)11-10-18-19-13-16(8-5-6-9-22(25)26)12-17(19)14-21(18)24;1-2-3-4-7-14(21)10-11-16-17-12-15(8-5-6-9-20(23)24)25-19(17)13-18(16)22/h8,10-11,15,17-21,23-24H,5-7,9,12-14H2,1-2H3,(H,25,26);8,10-11,14,16-19,21-22H,2-7,9,12-13H2,1H3,(H,23,24)/b11-10+,16-8+;11-10+,15-8-/t15?,17-,18?,19-,20+,21+;14-,16+,17+,18+,19-/m00/s1. The van der Waals surface area contributed by atoms with Crippen LogP contribution in [-0.2, 0) is 14.3 Å². The second kappa shape index (κ2) is 22.2. The van der Waals surface area contributed by atoms with Gasteiger partial charge in [-0.15, -0.1) is 11.8 Å². The molecule has 0 aromatic carbocycles. The predicted molar refractivity (Wildman–Crippen MR) is 198 cm³/mol. The highest BCUT2D eigenvalue weighted by Gasteiger charge is 2.47. The summed E-state index contributed by atoms with van der Waals surface area (Å²) in [6, 6.07) is 0. The Morgan fingerprint density at radius 1 is 0.863 bits per heavy atom. The van der Waals surface area contributed by atoms with E-state index in [9.17, 15) is 30.0 Å². The summed E-state index contributed by atoms with van der Waals surface area (Å²) in [5.74, 6) is 6.67. The highest BCUT2D eigenvalue weighted by molar-refractivity contribution is 5.66. The van der Waals surface area contributed by atoms with Gasteiger partial charge in [-0.3, -0.25) is 9.59 Å². The van der Waals surface area contributed by atoms with Gasteiger partial charge in [-0.2, -0.15) is 0 Å². The largest absolute Gasteiger partial charge is 0.495 e. The molecule has 286 valence electrons. The Morgan fingerprint density at radius 3 is 2.18 bits per heavy atom. The molecule has 9 heteroatoms. The highest BCUT2D eigenvalue weighted by Crippen LogP contribution is 2.50. The monoisotopic (exact) mass is 712 g/mol. The number of fused-ring (bicyclic) bond motifs is 2. The van der Waals surface area contributed by atoms with Gasteiger partial charge >= 0.3 is 11.9 Å². The molecule has 3 saturated carbocycles. The molecule has 1 heterocycles. The van der Waals surface area contributed by atoms with E-state index >= 15 is 0 Å². The maximum atomic E-state index is 10.6. The van der Waals surface area contributed by atoms with Crippen LogP contribution in [0.4, 0.5) is 0 Å². The summed E-state index contributed by atoms with van der Waals surface area (Å²) >= 11 is 0. The van der Waals surface area contributed by atoms with Gasteiger partial charge in [0.1, 0.15) is 6.10 Å². The first-order valence-electron chi connectivity index (χ1n) is 19.4. The topological polar surface area (TPSA) is 165 Å². The number of aliphatic carboxylic acids is 2. The zero-order valence-electron chi connectivity index (χ0n) is 31.0. The number of carboxylic acids is 2. The van der Waals surface area contributed by atoms with Gasteiger partial charge in [0.05, 0.1) is 30.2 Å². The summed E-state index contributed by atoms with van der Waals surface area (Å²) in [6.45, 7) is 5.93. The first-order chi connectivity index (χ1) is 24.4. The third kappa shape index (κ3) is 14.2. The lowest BCUT2D eigenvalue weighted by atomic mass is 9.89. The minimum Gasteiger partial charge on any atom is -0.495 e. The molecular formula is C42H64O9. The van der Waals surface area contributed by atoms with E-state index in [1.165, 1.54) is 5.57 Å². The summed E-state index contributed by atoms with van der Waals surface area (Å²) in [5.41, 5.74) is 1.41. The van der Waals surface area contributed by atoms with Crippen molar-refractivity contribution in [3.05, 3.63) is 47.8 Å². The Bertz CT molecular complexity index is 1270. The van der Waals surface area contributed by atoms with Crippen LogP contribution in [0.1, 0.15) is 124 Å². The Balaban J connectivity index is 0.000000276. The molecule has 2 unspecified atom stereocenters. The molecular weight excluding hydrogens is 648 g/mol. The highest BCUT2D eigenvalue weighted by atomic mass is 16.5. The Kier molecular flexibility index (Phi) is 18.5. The maximum absolute atomic E-state index is 10.6. The van der Waals surface area contributed by atoms with E-state index in [1.54, 1.807) is 6.92 Å². The molecule has 4 rings (SSSR count). The molecule has 11 atom stereocenters. The van der Waals surface area contributed by atoms with Crippen LogP contribution in [0.2, 0.25) is 0 Å². The summed E-state index contributed by atoms with van der Waals surface area (Å²) in [6.07, 6.45) is 22.4. The van der Waals surface area contributed by atoms with E-state index in [4.69, 9.17) is 14.9 Å². The van der Waals surface area contributed by atoms with Gasteiger partial charge in [-0.05, 0) is 82.1 Å². The average molecular weight is 713 g/mol. The second-order valence-electron chi connectivity index (χ2n) is 15.2. The Hall–Kier alpha value is -2.90. The first kappa shape index (κ1) is 42.5. The van der Waals surface area contributed by atoms with Crippen LogP contribution >= 0.6 is 0 Å². The molecule has 51 heavy (non-hydrogen) atoms. The Labute approximate surface area is 305 Å². The van der Waals surface area contributed by atoms with Crippen molar-refractivity contribution < 1.29 is 45.0 Å². The number of aliphatic hydroxyl groups excluding tert-OH is 4. The van der Waals surface area contributed by atoms with Crippen molar-refractivity contribution >= 4 is 11.9 Å². The van der Waals surface area contributed by atoms with E-state index in [1.807, 2.05) is 37.3 Å². The van der Waals surface area contributed by atoms with Gasteiger partial charge in [0.2, 0.25) is 0 Å². The van der Waals surface area contributed by atoms with Crippen molar-refractivity contribution in [3.8, 4) is 11.8 Å². The van der Waals surface area contributed by atoms with Crippen LogP contribution in [0.3, 0.4) is 0 Å². The second-order valence-corrected chi connectivity index (χ2v) is 15.2. The number of hydrogen-bond donors (Lipinski definition) is 6. The van der Waals surface area contributed by atoms with E-state index in [2.05, 4.69) is 24.8 Å². The van der Waals surface area contributed by atoms with Crippen molar-refractivity contribution in [2.75, 3.05) is 0 Å². The molecule has 1 aliphatic heterocycles. The zero-order valence-corrected chi connectivity index (χ0v) is 31.0. The van der Waals surface area contributed by atoms with Crippen molar-refractivity contribution in [1.82, 2.24) is 0 Å². The molecule has 0 bridgehead atoms. The third-order valence-corrected chi connectivity index (χ3v) is 11.1. The molecule has 6 N–H and O–H groups in total. The first-order valence-corrected chi connectivity index (χ1v) is 19.4. The van der Waals surface area contributed by atoms with E-state index in [0.29, 0.717) is 43.9 Å². The number of ether oxygens (including phenoxy) is 1. The number of rotatable bonds is 18. The molecule has 4 aliphatic rings. The van der Waals surface area contributed by atoms with Crippen molar-refractivity contribution in [2.24, 2.45) is 35.5 Å². The molecule has 0 aromatic rings. The van der Waals surface area contributed by atoms with Crippen molar-refractivity contribution in [1.29, 1.82) is 0 Å². The number of carboxylic acid groups (broad SMARTS) is 2. The van der Waals surface area contributed by atoms with Gasteiger partial charge < -0.3 is 35.4 Å². The molecule has 9 nitrogen and oxygen atoms in total. The van der Waals surface area contributed by atoms with Crippen LogP contribution in [0.5, 0.6) is 0 Å². The zero-order chi connectivity index (χ0) is 37.3. The summed E-state index contributed by atoms with van der Waals surface area (Å²) in [7, 11) is 0. The number of allylic oxidation sites excluding steroid dienone is 4. The molecule has 3 aliphatic carbocycles. The minimum absolute atomic E-state index is 0.0238. The molecule has 0 radical (unpaired) electrons. The molecule has 0 amide bonds. The number of aliphatic hydroxyl groups is 4. The fourth-order valence-corrected chi connectivity index (χ4v) is 8.17. The lowest BCUT2D eigenvalue weighted by Crippen LogP contribution is -2.19. The van der Waals surface area contributed by atoms with Gasteiger partial charge in [0.25, 0.3) is 0 Å². The molecule has 4 fully saturated rings. The van der Waals surface area contributed by atoms with Crippen molar-refractivity contribution in [3.63, 3.8) is 0 Å². The smallest absolute Gasteiger partial charge is 0.303 e. The average Bonchev–Trinajstić information content (AvgIpc) is 3.81. The SMILES string of the molecule is CC#CCC(C)[C@H](O)/C=C/C1[C@H](O)C[C@@H]2C/C(=C\CCCC(=O)O)C[C@H]12.CCCCC[C@H](O)/C=C/[C@@H]1[C@H]2C/C(=C/CCCC(=O)O)O[C@H]2C[C@H]1O. The van der Waals surface area contributed by atoms with E-state index < -0.39 is 30.3 Å². The number of hydrogen-bond acceptors (Lipinski definition) is 7. The quantitative estimate of drug-likeness (QED) is 0.0501. The fourth-order valence-electron chi connectivity index (χ4n) is 8.17. The minimum atomic E-state index is -0.770. The predicted octanol–water partition coefficient (Wildman–Crippen LogP) is 6.95. The summed E-state index contributed by atoms with van der Waals surface area (Å²) in [4.78, 5) is 21.1. The van der Waals surface area contributed by atoms with Crippen LogP contribution in [0.25, 0.3) is 0 Å². The fraction of sp³-hybridized carbons (Fsp3) is 0.714. The van der Waals surface area contributed by atoms with Gasteiger partial charge in [0.15, 0.2) is 0 Å². The van der Waals surface area contributed by atoms with Gasteiger partial charge in [0, 0.05) is 49.9 Å².